The predicted molar refractivity (Wildman–Crippen MR) is 270 cm³/mol. The first-order valence-corrected chi connectivity index (χ1v) is 27.8. The molecule has 0 saturated carbocycles. The van der Waals surface area contributed by atoms with Gasteiger partial charge in [0.2, 0.25) is 0 Å². The molecule has 0 bridgehead atoms. The molecule has 0 aliphatic carbocycles. The molecule has 0 spiro atoms. The Morgan fingerprint density at radius 1 is 0.410 bits per heavy atom. The zero-order chi connectivity index (χ0) is 44.6. The normalized spacial score (nSPS) is 11.5. The van der Waals surface area contributed by atoms with E-state index >= 15 is 0 Å². The van der Waals surface area contributed by atoms with Crippen LogP contribution in [0.15, 0.2) is 47.5 Å². The van der Waals surface area contributed by atoms with Gasteiger partial charge in [-0.05, 0) is 122 Å². The van der Waals surface area contributed by atoms with E-state index < -0.39 is 0 Å². The molecule has 2 aromatic carbocycles. The van der Waals surface area contributed by atoms with Gasteiger partial charge in [-0.3, -0.25) is 0 Å². The summed E-state index contributed by atoms with van der Waals surface area (Å²) in [5, 5.41) is 2.78. The van der Waals surface area contributed by atoms with Crippen molar-refractivity contribution >= 4 is 11.4 Å². The Balaban J connectivity index is 0.00000184. The van der Waals surface area contributed by atoms with Gasteiger partial charge in [-0.1, -0.05) is 181 Å². The van der Waals surface area contributed by atoms with Gasteiger partial charge in [-0.25, -0.2) is 0 Å². The first-order chi connectivity index (χ1) is 30.0. The van der Waals surface area contributed by atoms with E-state index in [0.717, 1.165) is 69.8 Å². The van der Waals surface area contributed by atoms with Crippen molar-refractivity contribution in [1.29, 1.82) is 0 Å². The summed E-state index contributed by atoms with van der Waals surface area (Å²) in [7, 11) is 0. The molecule has 0 fully saturated rings. The first-order valence-electron chi connectivity index (χ1n) is 26.4. The molecule has 0 aliphatic heterocycles. The molecule has 0 unspecified atom stereocenters. The number of rotatable bonds is 37. The van der Waals surface area contributed by atoms with Crippen LogP contribution in [-0.4, -0.2) is 10.7 Å². The van der Waals surface area contributed by atoms with E-state index in [1.54, 1.807) is 0 Å². The van der Waals surface area contributed by atoms with E-state index in [2.05, 4.69) is 102 Å². The predicted octanol–water partition coefficient (Wildman–Crippen LogP) is 19.5. The minimum atomic E-state index is 0.894. The number of hydrogen-bond donors (Lipinski definition) is 0. The van der Waals surface area contributed by atoms with Gasteiger partial charge in [0.15, 0.2) is 0 Å². The van der Waals surface area contributed by atoms with Crippen LogP contribution in [0.25, 0.3) is 11.1 Å². The summed E-state index contributed by atoms with van der Waals surface area (Å²) in [6.45, 7) is 18.3. The van der Waals surface area contributed by atoms with Crippen LogP contribution in [0.1, 0.15) is 269 Å². The third-order valence-electron chi connectivity index (χ3n) is 12.0. The summed E-state index contributed by atoms with van der Waals surface area (Å²) in [5.41, 5.74) is 22.5. The Kier molecular flexibility index (Phi) is 37.8. The molecule has 2 rings (SSSR count). The summed E-state index contributed by atoms with van der Waals surface area (Å²) in [6, 6.07) is 15.2. The molecule has 2 aromatic rings. The van der Waals surface area contributed by atoms with E-state index in [-0.39, 0.29) is 0 Å². The molecule has 0 heterocycles. The molecule has 2 nitrogen and oxygen atoms in total. The second-order valence-corrected chi connectivity index (χ2v) is 19.4. The van der Waals surface area contributed by atoms with Crippen LogP contribution >= 0.6 is 0 Å². The van der Waals surface area contributed by atoms with Crippen molar-refractivity contribution in [2.45, 2.75) is 272 Å². The zero-order valence-electron chi connectivity index (χ0n) is 41.7. The Morgan fingerprint density at radius 3 is 1.11 bits per heavy atom. The number of allylic oxidation sites excluding steroid dienone is 2. The average Bonchev–Trinajstić information content (AvgIpc) is 3.26. The molecule has 0 radical (unpaired) electrons. The van der Waals surface area contributed by atoms with Crippen LogP contribution in [0.5, 0.6) is 0 Å². The van der Waals surface area contributed by atoms with Crippen LogP contribution in [0.3, 0.4) is 0 Å². The second kappa shape index (κ2) is 40.6. The maximum absolute atomic E-state index is 9.97. The van der Waals surface area contributed by atoms with E-state index in [4.69, 9.17) is 0 Å². The van der Waals surface area contributed by atoms with Crippen molar-refractivity contribution in [2.75, 3.05) is 0 Å². The van der Waals surface area contributed by atoms with Gasteiger partial charge in [0.25, 0.3) is 0 Å². The number of hydrogen-bond acceptors (Lipinski definition) is 0. The molecule has 0 amide bonds. The zero-order valence-corrected chi connectivity index (χ0v) is 42.7. The molecule has 350 valence electrons. The molecule has 0 aromatic heterocycles. The minimum absolute atomic E-state index is 0.894. The van der Waals surface area contributed by atoms with Gasteiger partial charge in [0.05, 0.1) is 5.57 Å². The van der Waals surface area contributed by atoms with E-state index in [1.165, 1.54) is 197 Å². The van der Waals surface area contributed by atoms with Crippen molar-refractivity contribution in [3.8, 4) is 0 Å². The number of unbranched alkanes of at least 4 members (excludes halogenated alkanes) is 18. The molecule has 3 heteroatoms. The summed E-state index contributed by atoms with van der Waals surface area (Å²) in [5.74, 6) is 3.15. The molecular weight excluding hydrogens is 783 g/mol. The van der Waals surface area contributed by atoms with E-state index in [9.17, 15) is 5.53 Å². The fraction of sp³-hybridized carbons (Fsp3) is 0.724. The van der Waals surface area contributed by atoms with E-state index in [1.807, 2.05) is 14.4 Å². The van der Waals surface area contributed by atoms with Crippen molar-refractivity contribution in [3.05, 3.63) is 86.5 Å². The van der Waals surface area contributed by atoms with Crippen LogP contribution in [0.4, 0.5) is 0 Å². The topological polar surface area (TPSA) is 36.4 Å². The SMILES string of the molecule is CCCCCCCCc1cc(CCCCCCCC)cc(C(=C(CCCC)C(=C=[N+]=[N-])CCCC)c2cc(CCCCC)cc(CCCCC)c2)c1.CCC[CH2][Ni][CH2]CCC. The average molecular weight is 882 g/mol. The summed E-state index contributed by atoms with van der Waals surface area (Å²) in [6.07, 6.45) is 39.8. The molecular formula is C58H98N2Ni. The Morgan fingerprint density at radius 2 is 0.738 bits per heavy atom. The van der Waals surface area contributed by atoms with Crippen molar-refractivity contribution in [2.24, 2.45) is 0 Å². The van der Waals surface area contributed by atoms with Gasteiger partial charge < -0.3 is 5.53 Å². The number of benzene rings is 2. The van der Waals surface area contributed by atoms with Crippen molar-refractivity contribution < 1.29 is 19.2 Å². The number of aryl methyl sites for hydroxylation is 4. The molecule has 0 aliphatic rings. The summed E-state index contributed by atoms with van der Waals surface area (Å²) < 4.78 is 0. The van der Waals surface area contributed by atoms with E-state index in [0.29, 0.717) is 0 Å². The number of nitrogens with zero attached hydrogens (tertiary/aromatic N) is 2. The van der Waals surface area contributed by atoms with Crippen molar-refractivity contribution in [3.63, 3.8) is 0 Å². The third kappa shape index (κ3) is 27.6. The quantitative estimate of drug-likeness (QED) is 0.0162. The summed E-state index contributed by atoms with van der Waals surface area (Å²) >= 11 is 1.94. The third-order valence-corrected chi connectivity index (χ3v) is 13.4. The van der Waals surface area contributed by atoms with Crippen LogP contribution < -0.4 is 0 Å². The standard InChI is InChI=1S/C50H80N2.2C4H9.Ni/c1-7-13-19-21-23-27-31-44-36-45(32-28-24-22-20-14-8-2)40-48(39-44)50(49(34-18-12-6)46(41-52-51)33-17-11-5)47-37-42(29-25-15-9-3)35-43(38-47)30-26-16-10-4;2*1-3-4-2;/h35-40H,7-34H2,1-6H3;2*1,3-4H2,2H3;. The summed E-state index contributed by atoms with van der Waals surface area (Å²) in [4.78, 5) is 3.58. The Bertz CT molecular complexity index is 1400. The van der Waals surface area contributed by atoms with Crippen LogP contribution in [-0.2, 0) is 40.1 Å². The Labute approximate surface area is 386 Å². The molecule has 61 heavy (non-hydrogen) atoms. The van der Waals surface area contributed by atoms with Gasteiger partial charge in [-0.15, -0.1) is 4.79 Å². The fourth-order valence-electron chi connectivity index (χ4n) is 8.21. The Hall–Kier alpha value is -2.17. The maximum atomic E-state index is 9.97. The monoisotopic (exact) mass is 881 g/mol. The molecule has 0 saturated heterocycles. The van der Waals surface area contributed by atoms with Crippen LogP contribution in [0, 0.1) is 0 Å². The van der Waals surface area contributed by atoms with Gasteiger partial charge in [0.1, 0.15) is 0 Å². The van der Waals surface area contributed by atoms with Crippen molar-refractivity contribution in [1.82, 2.24) is 0 Å². The second-order valence-electron chi connectivity index (χ2n) is 18.0. The van der Waals surface area contributed by atoms with Crippen LogP contribution in [0.2, 0.25) is 10.8 Å². The van der Waals surface area contributed by atoms with Gasteiger partial charge in [-0.2, -0.15) is 0 Å². The van der Waals surface area contributed by atoms with Gasteiger partial charge >= 0.3 is 70.6 Å². The van der Waals surface area contributed by atoms with Gasteiger partial charge in [0, 0.05) is 0 Å². The molecule has 0 N–H and O–H groups in total. The molecule has 0 atom stereocenters. The fourth-order valence-corrected chi connectivity index (χ4v) is 9.65. The first kappa shape index (κ1) is 56.9.